The highest BCUT2D eigenvalue weighted by atomic mass is 32.2. The summed E-state index contributed by atoms with van der Waals surface area (Å²) in [5, 5.41) is -0.278. The third kappa shape index (κ3) is 5.41. The summed E-state index contributed by atoms with van der Waals surface area (Å²) in [5.41, 5.74) is 0.00793. The fourth-order valence-corrected chi connectivity index (χ4v) is 4.28. The summed E-state index contributed by atoms with van der Waals surface area (Å²) < 4.78 is 67.7. The van der Waals surface area contributed by atoms with Gasteiger partial charge >= 0.3 is 5.97 Å². The maximum atomic E-state index is 12.5. The van der Waals surface area contributed by atoms with E-state index in [-0.39, 0.29) is 34.5 Å². The summed E-state index contributed by atoms with van der Waals surface area (Å²) >= 11 is 0. The molecule has 0 aliphatic rings. The smallest absolute Gasteiger partial charge is 0.338 e. The zero-order chi connectivity index (χ0) is 22.6. The Morgan fingerprint density at radius 3 is 2.48 bits per heavy atom. The Labute approximate surface area is 179 Å². The molecule has 1 N–H and O–H groups in total. The van der Waals surface area contributed by atoms with Crippen LogP contribution in [0.3, 0.4) is 0 Å². The van der Waals surface area contributed by atoms with E-state index >= 15 is 0 Å². The van der Waals surface area contributed by atoms with Crippen LogP contribution in [0.2, 0.25) is 0 Å². The summed E-state index contributed by atoms with van der Waals surface area (Å²) in [6.07, 6.45) is 1.43. The minimum atomic E-state index is -3.89. The van der Waals surface area contributed by atoms with Crippen LogP contribution in [0.1, 0.15) is 21.9 Å². The fraction of sp³-hybridized carbons (Fsp3) is 0.211. The topological polar surface area (TPSA) is 136 Å². The number of ether oxygens (including phenoxy) is 1. The number of sulfonamides is 2. The summed E-state index contributed by atoms with van der Waals surface area (Å²) in [7, 11) is -4.91. The molecule has 0 aliphatic carbocycles. The minimum absolute atomic E-state index is 0.00793. The molecular weight excluding hydrogens is 448 g/mol. The van der Waals surface area contributed by atoms with Crippen LogP contribution in [0.25, 0.3) is 0 Å². The predicted molar refractivity (Wildman–Crippen MR) is 108 cm³/mol. The van der Waals surface area contributed by atoms with Gasteiger partial charge in [0.25, 0.3) is 10.0 Å². The van der Waals surface area contributed by atoms with Crippen LogP contribution >= 0.6 is 0 Å². The first-order valence-corrected chi connectivity index (χ1v) is 11.8. The molecule has 166 valence electrons. The molecule has 0 radical (unpaired) electrons. The number of carbonyl (C=O) groups is 1. The molecule has 2 aromatic heterocycles. The molecule has 2 heterocycles. The van der Waals surface area contributed by atoms with Crippen LogP contribution in [0, 0.1) is 0 Å². The SMILES string of the molecule is CN(C)S(=O)(=O)c1ccc(COC(=O)c2cccc(S(=O)(=O)NCc3ccco3)c2)o1. The number of nitrogens with one attached hydrogen (secondary N) is 1. The van der Waals surface area contributed by atoms with Gasteiger partial charge in [-0.3, -0.25) is 0 Å². The van der Waals surface area contributed by atoms with E-state index in [1.807, 2.05) is 0 Å². The van der Waals surface area contributed by atoms with Crippen LogP contribution in [-0.2, 0) is 37.9 Å². The first kappa shape index (κ1) is 22.7. The Balaban J connectivity index is 1.66. The first-order chi connectivity index (χ1) is 14.6. The molecule has 0 saturated carbocycles. The quantitative estimate of drug-likeness (QED) is 0.471. The van der Waals surface area contributed by atoms with E-state index in [1.165, 1.54) is 56.8 Å². The average Bonchev–Trinajstić information content (AvgIpc) is 3.43. The second-order valence-electron chi connectivity index (χ2n) is 6.52. The van der Waals surface area contributed by atoms with E-state index in [0.29, 0.717) is 5.76 Å². The average molecular weight is 469 g/mol. The Kier molecular flexibility index (Phi) is 6.65. The normalized spacial score (nSPS) is 12.2. The van der Waals surface area contributed by atoms with Gasteiger partial charge < -0.3 is 13.6 Å². The number of furan rings is 2. The van der Waals surface area contributed by atoms with Gasteiger partial charge in [-0.25, -0.2) is 30.7 Å². The molecule has 3 rings (SSSR count). The number of esters is 1. The van der Waals surface area contributed by atoms with Crippen LogP contribution in [0.5, 0.6) is 0 Å². The molecule has 0 aliphatic heterocycles. The van der Waals surface area contributed by atoms with Crippen LogP contribution in [0.4, 0.5) is 0 Å². The van der Waals surface area contributed by atoms with Gasteiger partial charge in [-0.2, -0.15) is 0 Å². The van der Waals surface area contributed by atoms with Crippen LogP contribution in [-0.4, -0.2) is 41.2 Å². The summed E-state index contributed by atoms with van der Waals surface area (Å²) in [6, 6.07) is 11.2. The molecule has 0 fully saturated rings. The highest BCUT2D eigenvalue weighted by Crippen LogP contribution is 2.18. The van der Waals surface area contributed by atoms with Gasteiger partial charge in [0.1, 0.15) is 18.1 Å². The second-order valence-corrected chi connectivity index (χ2v) is 10.4. The monoisotopic (exact) mass is 468 g/mol. The van der Waals surface area contributed by atoms with Gasteiger partial charge in [-0.05, 0) is 42.5 Å². The van der Waals surface area contributed by atoms with Crippen molar-refractivity contribution < 1.29 is 35.2 Å². The van der Waals surface area contributed by atoms with Crippen molar-refractivity contribution in [2.24, 2.45) is 0 Å². The molecule has 0 bridgehead atoms. The molecular formula is C19H20N2O8S2. The number of nitrogens with zero attached hydrogens (tertiary/aromatic N) is 1. The predicted octanol–water partition coefficient (Wildman–Crippen LogP) is 1.96. The second kappa shape index (κ2) is 9.06. The number of hydrogen-bond acceptors (Lipinski definition) is 8. The molecule has 12 heteroatoms. The van der Waals surface area contributed by atoms with E-state index in [0.717, 1.165) is 4.31 Å². The maximum absolute atomic E-state index is 12.5. The van der Waals surface area contributed by atoms with Gasteiger partial charge in [-0.1, -0.05) is 6.07 Å². The van der Waals surface area contributed by atoms with Crippen molar-refractivity contribution in [2.75, 3.05) is 14.1 Å². The third-order valence-corrected chi connectivity index (χ3v) is 7.20. The van der Waals surface area contributed by atoms with Crippen molar-refractivity contribution in [3.05, 3.63) is 71.9 Å². The number of benzene rings is 1. The van der Waals surface area contributed by atoms with Crippen molar-refractivity contribution in [1.82, 2.24) is 9.03 Å². The van der Waals surface area contributed by atoms with E-state index in [9.17, 15) is 21.6 Å². The Hall–Kier alpha value is -2.93. The lowest BCUT2D eigenvalue weighted by Gasteiger charge is -2.08. The fourth-order valence-electron chi connectivity index (χ4n) is 2.43. The van der Waals surface area contributed by atoms with Crippen LogP contribution < -0.4 is 4.72 Å². The highest BCUT2D eigenvalue weighted by molar-refractivity contribution is 7.89. The van der Waals surface area contributed by atoms with E-state index < -0.39 is 26.0 Å². The lowest BCUT2D eigenvalue weighted by molar-refractivity contribution is 0.0440. The van der Waals surface area contributed by atoms with Crippen molar-refractivity contribution in [3.8, 4) is 0 Å². The van der Waals surface area contributed by atoms with Crippen molar-refractivity contribution >= 4 is 26.0 Å². The Morgan fingerprint density at radius 1 is 1.03 bits per heavy atom. The molecule has 0 atom stereocenters. The molecule has 10 nitrogen and oxygen atoms in total. The molecule has 0 saturated heterocycles. The standard InChI is InChI=1S/C19H20N2O8S2/c1-21(2)31(25,26)18-9-8-16(29-18)13-28-19(22)14-5-3-7-17(11-14)30(23,24)20-12-15-6-4-10-27-15/h3-11,20H,12-13H2,1-2H3. The summed E-state index contributed by atoms with van der Waals surface area (Å²) in [5.74, 6) is -0.234. The lowest BCUT2D eigenvalue weighted by Crippen LogP contribution is -2.23. The van der Waals surface area contributed by atoms with E-state index in [2.05, 4.69) is 4.72 Å². The summed E-state index contributed by atoms with van der Waals surface area (Å²) in [4.78, 5) is 12.2. The van der Waals surface area contributed by atoms with E-state index in [1.54, 1.807) is 12.1 Å². The number of hydrogen-bond donors (Lipinski definition) is 1. The van der Waals surface area contributed by atoms with Crippen LogP contribution in [0.15, 0.2) is 73.6 Å². The minimum Gasteiger partial charge on any atom is -0.468 e. The molecule has 1 aromatic carbocycles. The lowest BCUT2D eigenvalue weighted by atomic mass is 10.2. The zero-order valence-corrected chi connectivity index (χ0v) is 18.3. The third-order valence-electron chi connectivity index (χ3n) is 4.11. The van der Waals surface area contributed by atoms with Gasteiger partial charge in [0.15, 0.2) is 0 Å². The van der Waals surface area contributed by atoms with Gasteiger partial charge in [0.05, 0.1) is 23.3 Å². The van der Waals surface area contributed by atoms with Gasteiger partial charge in [-0.15, -0.1) is 0 Å². The van der Waals surface area contributed by atoms with Crippen molar-refractivity contribution in [2.45, 2.75) is 23.1 Å². The summed E-state index contributed by atoms with van der Waals surface area (Å²) in [6.45, 7) is -0.365. The Morgan fingerprint density at radius 2 is 1.81 bits per heavy atom. The number of rotatable bonds is 9. The molecule has 0 unspecified atom stereocenters. The van der Waals surface area contributed by atoms with Gasteiger partial charge in [0.2, 0.25) is 15.1 Å². The Bertz CT molecular complexity index is 1260. The molecule has 31 heavy (non-hydrogen) atoms. The first-order valence-electron chi connectivity index (χ1n) is 8.90. The maximum Gasteiger partial charge on any atom is 0.338 e. The number of carbonyl (C=O) groups excluding carboxylic acids is 1. The van der Waals surface area contributed by atoms with E-state index in [4.69, 9.17) is 13.6 Å². The zero-order valence-electron chi connectivity index (χ0n) is 16.6. The molecule has 0 spiro atoms. The largest absolute Gasteiger partial charge is 0.468 e. The van der Waals surface area contributed by atoms with Gasteiger partial charge in [0, 0.05) is 14.1 Å². The van der Waals surface area contributed by atoms with Crippen molar-refractivity contribution in [1.29, 1.82) is 0 Å². The highest BCUT2D eigenvalue weighted by Gasteiger charge is 2.22. The molecule has 0 amide bonds. The molecule has 3 aromatic rings. The van der Waals surface area contributed by atoms with Crippen molar-refractivity contribution in [3.63, 3.8) is 0 Å².